The molecule has 4 nitrogen and oxygen atoms in total. The number of carbonyl (C=O) groups excluding carboxylic acids is 2. The Balaban J connectivity index is 2.16. The van der Waals surface area contributed by atoms with Crippen LogP contribution in [0.2, 0.25) is 0 Å². The number of carbonyl (C=O) groups is 2. The van der Waals surface area contributed by atoms with E-state index in [1.165, 1.54) is 5.57 Å². The maximum Gasteiger partial charge on any atom is 0.310 e. The standard InChI is InChI=1S/C22H36O4/c1-8-9-14-10-15-11-16(14)18(20(24)26-13-22(5,6)7)17(15)19(23)25-12-21(2,3)4/h10,15-18H,8-9,11-13H2,1-7H3. The molecule has 0 aromatic heterocycles. The van der Waals surface area contributed by atoms with Gasteiger partial charge >= 0.3 is 11.9 Å². The van der Waals surface area contributed by atoms with Crippen molar-refractivity contribution in [2.24, 2.45) is 34.5 Å². The average Bonchev–Trinajstić information content (AvgIpc) is 3.07. The average molecular weight is 365 g/mol. The van der Waals surface area contributed by atoms with Crippen molar-refractivity contribution in [3.05, 3.63) is 11.6 Å². The van der Waals surface area contributed by atoms with Gasteiger partial charge in [-0.25, -0.2) is 0 Å². The monoisotopic (exact) mass is 364 g/mol. The third kappa shape index (κ3) is 5.11. The zero-order valence-electron chi connectivity index (χ0n) is 17.6. The molecule has 4 unspecified atom stereocenters. The summed E-state index contributed by atoms with van der Waals surface area (Å²) in [6, 6.07) is 0. The van der Waals surface area contributed by atoms with Crippen LogP contribution in [0, 0.1) is 34.5 Å². The Bertz CT molecular complexity index is 562. The minimum atomic E-state index is -0.393. The van der Waals surface area contributed by atoms with Crippen LogP contribution >= 0.6 is 0 Å². The Morgan fingerprint density at radius 2 is 1.46 bits per heavy atom. The minimum Gasteiger partial charge on any atom is -0.465 e. The van der Waals surface area contributed by atoms with Gasteiger partial charge in [-0.05, 0) is 35.5 Å². The molecule has 1 saturated carbocycles. The van der Waals surface area contributed by atoms with E-state index in [1.54, 1.807) is 0 Å². The molecule has 2 bridgehead atoms. The first-order valence-electron chi connectivity index (χ1n) is 9.97. The first-order chi connectivity index (χ1) is 11.9. The summed E-state index contributed by atoms with van der Waals surface area (Å²) in [6.45, 7) is 15.1. The van der Waals surface area contributed by atoms with Gasteiger partial charge in [0, 0.05) is 0 Å². The summed E-state index contributed by atoms with van der Waals surface area (Å²) >= 11 is 0. The molecule has 4 heteroatoms. The van der Waals surface area contributed by atoms with E-state index >= 15 is 0 Å². The van der Waals surface area contributed by atoms with Gasteiger partial charge in [-0.2, -0.15) is 0 Å². The number of esters is 2. The number of fused-ring (bicyclic) bond motifs is 2. The Morgan fingerprint density at radius 1 is 0.962 bits per heavy atom. The van der Waals surface area contributed by atoms with E-state index in [0.29, 0.717) is 13.2 Å². The Labute approximate surface area is 158 Å². The summed E-state index contributed by atoms with van der Waals surface area (Å²) in [7, 11) is 0. The molecule has 0 saturated heterocycles. The molecule has 148 valence electrons. The van der Waals surface area contributed by atoms with Crippen LogP contribution in [0.3, 0.4) is 0 Å². The highest BCUT2D eigenvalue weighted by Crippen LogP contribution is 2.53. The van der Waals surface area contributed by atoms with Crippen molar-refractivity contribution >= 4 is 11.9 Å². The van der Waals surface area contributed by atoms with E-state index in [2.05, 4.69) is 13.0 Å². The van der Waals surface area contributed by atoms with E-state index in [4.69, 9.17) is 9.47 Å². The number of hydrogen-bond acceptors (Lipinski definition) is 4. The summed E-state index contributed by atoms with van der Waals surface area (Å²) in [5.41, 5.74) is 1.16. The summed E-state index contributed by atoms with van der Waals surface area (Å²) in [5, 5.41) is 0. The number of allylic oxidation sites excluding steroid dienone is 2. The van der Waals surface area contributed by atoms with Gasteiger partial charge in [0.15, 0.2) is 0 Å². The molecule has 0 N–H and O–H groups in total. The molecule has 2 rings (SSSR count). The van der Waals surface area contributed by atoms with Gasteiger partial charge in [0.1, 0.15) is 0 Å². The fraction of sp³-hybridized carbons (Fsp3) is 0.818. The molecule has 2 aliphatic rings. The molecule has 4 atom stereocenters. The number of rotatable bonds is 6. The topological polar surface area (TPSA) is 52.6 Å². The second-order valence-electron chi connectivity index (χ2n) is 10.4. The SMILES string of the molecule is CCCC1=CC2CC1C(C(=O)OCC(C)(C)C)C2C(=O)OCC(C)(C)C. The van der Waals surface area contributed by atoms with E-state index in [0.717, 1.165) is 19.3 Å². The lowest BCUT2D eigenvalue weighted by atomic mass is 9.78. The highest BCUT2D eigenvalue weighted by molar-refractivity contribution is 5.84. The van der Waals surface area contributed by atoms with E-state index in [9.17, 15) is 9.59 Å². The highest BCUT2D eigenvalue weighted by atomic mass is 16.5. The first-order valence-corrected chi connectivity index (χ1v) is 9.97. The molecule has 0 spiro atoms. The zero-order chi connectivity index (χ0) is 19.7. The molecule has 0 radical (unpaired) electrons. The molecule has 0 amide bonds. The molecule has 26 heavy (non-hydrogen) atoms. The lowest BCUT2D eigenvalue weighted by Gasteiger charge is -2.30. The Hall–Kier alpha value is -1.32. The van der Waals surface area contributed by atoms with Crippen molar-refractivity contribution in [3.8, 4) is 0 Å². The molecule has 0 aromatic rings. The molecule has 1 fully saturated rings. The maximum atomic E-state index is 12.9. The van der Waals surface area contributed by atoms with Crippen molar-refractivity contribution in [1.82, 2.24) is 0 Å². The fourth-order valence-electron chi connectivity index (χ4n) is 4.01. The lowest BCUT2D eigenvalue weighted by molar-refractivity contribution is -0.164. The van der Waals surface area contributed by atoms with Crippen LogP contribution in [0.15, 0.2) is 11.6 Å². The van der Waals surface area contributed by atoms with Crippen LogP contribution in [-0.4, -0.2) is 25.2 Å². The summed E-state index contributed by atoms with van der Waals surface area (Å²) in [5.74, 6) is -0.999. The quantitative estimate of drug-likeness (QED) is 0.503. The maximum absolute atomic E-state index is 12.9. The summed E-state index contributed by atoms with van der Waals surface area (Å²) in [6.07, 6.45) is 5.15. The van der Waals surface area contributed by atoms with Crippen molar-refractivity contribution in [1.29, 1.82) is 0 Å². The van der Waals surface area contributed by atoms with Gasteiger partial charge in [0.2, 0.25) is 0 Å². The van der Waals surface area contributed by atoms with Gasteiger partial charge in [0.25, 0.3) is 0 Å². The molecule has 2 aliphatic carbocycles. The predicted octanol–water partition coefficient (Wildman–Crippen LogP) is 4.77. The second-order valence-corrected chi connectivity index (χ2v) is 10.4. The van der Waals surface area contributed by atoms with E-state index in [-0.39, 0.29) is 40.5 Å². The van der Waals surface area contributed by atoms with Gasteiger partial charge in [-0.3, -0.25) is 9.59 Å². The lowest BCUT2D eigenvalue weighted by Crippen LogP contribution is -2.38. The van der Waals surface area contributed by atoms with E-state index < -0.39 is 5.92 Å². The highest BCUT2D eigenvalue weighted by Gasteiger charge is 2.55. The molecular formula is C22H36O4. The van der Waals surface area contributed by atoms with Gasteiger partial charge < -0.3 is 9.47 Å². The molecular weight excluding hydrogens is 328 g/mol. The van der Waals surface area contributed by atoms with Crippen LogP contribution in [0.5, 0.6) is 0 Å². The summed E-state index contributed by atoms with van der Waals surface area (Å²) in [4.78, 5) is 25.7. The zero-order valence-corrected chi connectivity index (χ0v) is 17.6. The van der Waals surface area contributed by atoms with Gasteiger partial charge in [-0.1, -0.05) is 66.5 Å². The molecule has 0 aromatic carbocycles. The minimum absolute atomic E-state index is 0.0846. The normalized spacial score (nSPS) is 28.0. The smallest absolute Gasteiger partial charge is 0.310 e. The van der Waals surface area contributed by atoms with Crippen LogP contribution in [0.4, 0.5) is 0 Å². The Morgan fingerprint density at radius 3 is 1.92 bits per heavy atom. The van der Waals surface area contributed by atoms with Crippen molar-refractivity contribution < 1.29 is 19.1 Å². The molecule has 0 heterocycles. The van der Waals surface area contributed by atoms with Crippen molar-refractivity contribution in [2.45, 2.75) is 67.7 Å². The number of hydrogen-bond donors (Lipinski definition) is 0. The second kappa shape index (κ2) is 7.74. The van der Waals surface area contributed by atoms with Crippen molar-refractivity contribution in [2.75, 3.05) is 13.2 Å². The van der Waals surface area contributed by atoms with Gasteiger partial charge in [0.05, 0.1) is 25.0 Å². The van der Waals surface area contributed by atoms with Gasteiger partial charge in [-0.15, -0.1) is 0 Å². The van der Waals surface area contributed by atoms with Crippen LogP contribution in [-0.2, 0) is 19.1 Å². The first kappa shape index (κ1) is 21.0. The van der Waals surface area contributed by atoms with Crippen LogP contribution < -0.4 is 0 Å². The molecule has 0 aliphatic heterocycles. The van der Waals surface area contributed by atoms with Crippen molar-refractivity contribution in [3.63, 3.8) is 0 Å². The largest absolute Gasteiger partial charge is 0.465 e. The summed E-state index contributed by atoms with van der Waals surface area (Å²) < 4.78 is 11.2. The number of ether oxygens (including phenoxy) is 2. The third-order valence-electron chi connectivity index (χ3n) is 5.09. The third-order valence-corrected chi connectivity index (χ3v) is 5.09. The fourth-order valence-corrected chi connectivity index (χ4v) is 4.01. The van der Waals surface area contributed by atoms with E-state index in [1.807, 2.05) is 41.5 Å². The van der Waals surface area contributed by atoms with Crippen LogP contribution in [0.25, 0.3) is 0 Å². The Kier molecular flexibility index (Phi) is 6.24. The predicted molar refractivity (Wildman–Crippen MR) is 102 cm³/mol. The van der Waals surface area contributed by atoms with Crippen LogP contribution in [0.1, 0.15) is 67.7 Å².